The number of rotatable bonds is 3. The summed E-state index contributed by atoms with van der Waals surface area (Å²) >= 11 is 6.02. The summed E-state index contributed by atoms with van der Waals surface area (Å²) in [5.74, 6) is 2.34. The number of aromatic nitrogens is 2. The van der Waals surface area contributed by atoms with Crippen molar-refractivity contribution >= 4 is 28.3 Å². The van der Waals surface area contributed by atoms with Gasteiger partial charge in [0.05, 0.1) is 5.52 Å². The molecule has 25 heavy (non-hydrogen) atoms. The fourth-order valence-electron chi connectivity index (χ4n) is 3.62. The summed E-state index contributed by atoms with van der Waals surface area (Å²) in [4.78, 5) is 9.62. The van der Waals surface area contributed by atoms with Crippen molar-refractivity contribution in [3.05, 3.63) is 53.6 Å². The Morgan fingerprint density at radius 2 is 1.72 bits per heavy atom. The lowest BCUT2D eigenvalue weighted by Crippen LogP contribution is -2.30. The fraction of sp³-hybridized carbons (Fsp3) is 0.333. The maximum Gasteiger partial charge on any atom is 0.162 e. The summed E-state index contributed by atoms with van der Waals surface area (Å²) in [7, 11) is 0. The Hall–Kier alpha value is -2.13. The molecule has 1 N–H and O–H groups in total. The van der Waals surface area contributed by atoms with Gasteiger partial charge >= 0.3 is 0 Å². The van der Waals surface area contributed by atoms with E-state index in [1.54, 1.807) is 0 Å². The molecule has 128 valence electrons. The highest BCUT2D eigenvalue weighted by atomic mass is 35.5. The van der Waals surface area contributed by atoms with E-state index in [2.05, 4.69) is 18.3 Å². The zero-order chi connectivity index (χ0) is 17.2. The standard InChI is InChI=1S/C21H22ClN3/c1-14-6-2-4-8-18(14)23-21-17-7-3-5-9-19(17)24-20(25-21)15-10-12-16(22)13-11-15/h3,5,7,9-14,18H,2,4,6,8H2,1H3,(H,23,24,25)/t14-,18+/m0/s1. The van der Waals surface area contributed by atoms with Crippen molar-refractivity contribution in [3.8, 4) is 11.4 Å². The van der Waals surface area contributed by atoms with Crippen LogP contribution in [0.5, 0.6) is 0 Å². The first-order chi connectivity index (χ1) is 12.2. The average molecular weight is 352 g/mol. The maximum atomic E-state index is 6.02. The number of nitrogens with zero attached hydrogens (tertiary/aromatic N) is 2. The van der Waals surface area contributed by atoms with Crippen LogP contribution in [0.1, 0.15) is 32.6 Å². The number of hydrogen-bond acceptors (Lipinski definition) is 3. The summed E-state index contributed by atoms with van der Waals surface area (Å²) in [6.07, 6.45) is 5.11. The molecule has 3 nitrogen and oxygen atoms in total. The van der Waals surface area contributed by atoms with Crippen molar-refractivity contribution in [2.75, 3.05) is 5.32 Å². The van der Waals surface area contributed by atoms with E-state index >= 15 is 0 Å². The molecule has 2 atom stereocenters. The number of para-hydroxylation sites is 1. The van der Waals surface area contributed by atoms with Gasteiger partial charge in [-0.25, -0.2) is 9.97 Å². The van der Waals surface area contributed by atoms with Gasteiger partial charge in [-0.05, 0) is 55.2 Å². The highest BCUT2D eigenvalue weighted by Gasteiger charge is 2.22. The molecule has 4 rings (SSSR count). The first-order valence-corrected chi connectivity index (χ1v) is 9.38. The van der Waals surface area contributed by atoms with Gasteiger partial charge in [-0.3, -0.25) is 0 Å². The Morgan fingerprint density at radius 1 is 0.960 bits per heavy atom. The predicted octanol–water partition coefficient (Wildman–Crippen LogP) is 5.94. The topological polar surface area (TPSA) is 37.8 Å². The summed E-state index contributed by atoms with van der Waals surface area (Å²) in [5, 5.41) is 5.52. The molecule has 1 aliphatic rings. The van der Waals surface area contributed by atoms with Crippen LogP contribution in [-0.2, 0) is 0 Å². The van der Waals surface area contributed by atoms with E-state index < -0.39 is 0 Å². The van der Waals surface area contributed by atoms with Gasteiger partial charge in [-0.2, -0.15) is 0 Å². The molecule has 0 bridgehead atoms. The van der Waals surface area contributed by atoms with E-state index in [9.17, 15) is 0 Å². The zero-order valence-corrected chi connectivity index (χ0v) is 15.1. The van der Waals surface area contributed by atoms with Crippen LogP contribution in [0.15, 0.2) is 48.5 Å². The maximum absolute atomic E-state index is 6.02. The van der Waals surface area contributed by atoms with Crippen molar-refractivity contribution < 1.29 is 0 Å². The molecule has 0 radical (unpaired) electrons. The molecule has 1 aliphatic carbocycles. The van der Waals surface area contributed by atoms with Crippen LogP contribution >= 0.6 is 11.6 Å². The number of fused-ring (bicyclic) bond motifs is 1. The number of halogens is 1. The molecular weight excluding hydrogens is 330 g/mol. The number of nitrogens with one attached hydrogen (secondary N) is 1. The molecule has 1 aromatic heterocycles. The SMILES string of the molecule is C[C@H]1CCCC[C@H]1Nc1nc(-c2ccc(Cl)cc2)nc2ccccc12. The van der Waals surface area contributed by atoms with Gasteiger partial charge in [0.1, 0.15) is 5.82 Å². The second-order valence-corrected chi connectivity index (χ2v) is 7.37. The van der Waals surface area contributed by atoms with Crippen LogP contribution in [0.25, 0.3) is 22.3 Å². The lowest BCUT2D eigenvalue weighted by Gasteiger charge is -2.30. The van der Waals surface area contributed by atoms with Crippen molar-refractivity contribution in [2.45, 2.75) is 38.6 Å². The monoisotopic (exact) mass is 351 g/mol. The summed E-state index contributed by atoms with van der Waals surface area (Å²) < 4.78 is 0. The molecule has 0 unspecified atom stereocenters. The normalized spacial score (nSPS) is 20.6. The van der Waals surface area contributed by atoms with Crippen LogP contribution in [0.3, 0.4) is 0 Å². The molecule has 1 fully saturated rings. The third kappa shape index (κ3) is 3.47. The Bertz CT molecular complexity index is 876. The van der Waals surface area contributed by atoms with Gasteiger partial charge in [0.25, 0.3) is 0 Å². The molecule has 0 amide bonds. The quantitative estimate of drug-likeness (QED) is 0.634. The molecule has 1 saturated carbocycles. The smallest absolute Gasteiger partial charge is 0.162 e. The summed E-state index contributed by atoms with van der Waals surface area (Å²) in [6.45, 7) is 2.33. The van der Waals surface area contributed by atoms with Gasteiger partial charge in [0.15, 0.2) is 5.82 Å². The second kappa shape index (κ2) is 7.01. The van der Waals surface area contributed by atoms with E-state index in [0.29, 0.717) is 12.0 Å². The summed E-state index contributed by atoms with van der Waals surface area (Å²) in [5.41, 5.74) is 1.95. The number of anilines is 1. The largest absolute Gasteiger partial charge is 0.366 e. The first-order valence-electron chi connectivity index (χ1n) is 9.00. The number of benzene rings is 2. The van der Waals surface area contributed by atoms with Crippen LogP contribution in [0.2, 0.25) is 5.02 Å². The minimum Gasteiger partial charge on any atom is -0.366 e. The van der Waals surface area contributed by atoms with Gasteiger partial charge in [-0.15, -0.1) is 0 Å². The van der Waals surface area contributed by atoms with Gasteiger partial charge in [-0.1, -0.05) is 43.5 Å². The van der Waals surface area contributed by atoms with Crippen LogP contribution in [-0.4, -0.2) is 16.0 Å². The average Bonchev–Trinajstić information content (AvgIpc) is 2.64. The van der Waals surface area contributed by atoms with Crippen LogP contribution < -0.4 is 5.32 Å². The molecular formula is C21H22ClN3. The Balaban J connectivity index is 1.77. The van der Waals surface area contributed by atoms with E-state index in [0.717, 1.165) is 33.1 Å². The van der Waals surface area contributed by atoms with Crippen LogP contribution in [0, 0.1) is 5.92 Å². The lowest BCUT2D eigenvalue weighted by atomic mass is 9.86. The molecule has 0 spiro atoms. The van der Waals surface area contributed by atoms with E-state index in [4.69, 9.17) is 21.6 Å². The summed E-state index contributed by atoms with van der Waals surface area (Å²) in [6, 6.07) is 16.4. The van der Waals surface area contributed by atoms with Crippen LogP contribution in [0.4, 0.5) is 5.82 Å². The van der Waals surface area contributed by atoms with Gasteiger partial charge < -0.3 is 5.32 Å². The van der Waals surface area contributed by atoms with E-state index in [1.165, 1.54) is 25.7 Å². The van der Waals surface area contributed by atoms with Crippen molar-refractivity contribution in [1.82, 2.24) is 9.97 Å². The lowest BCUT2D eigenvalue weighted by molar-refractivity contribution is 0.349. The third-order valence-electron chi connectivity index (χ3n) is 5.14. The van der Waals surface area contributed by atoms with Gasteiger partial charge in [0, 0.05) is 22.0 Å². The Morgan fingerprint density at radius 3 is 2.52 bits per heavy atom. The van der Waals surface area contributed by atoms with E-state index in [-0.39, 0.29) is 0 Å². The zero-order valence-electron chi connectivity index (χ0n) is 14.4. The van der Waals surface area contributed by atoms with Crippen molar-refractivity contribution in [3.63, 3.8) is 0 Å². The van der Waals surface area contributed by atoms with Crippen molar-refractivity contribution in [2.24, 2.45) is 5.92 Å². The molecule has 4 heteroatoms. The minimum atomic E-state index is 0.477. The minimum absolute atomic E-state index is 0.477. The highest BCUT2D eigenvalue weighted by molar-refractivity contribution is 6.30. The first kappa shape index (κ1) is 16.3. The molecule has 2 aromatic carbocycles. The van der Waals surface area contributed by atoms with Gasteiger partial charge in [0.2, 0.25) is 0 Å². The Labute approximate surface area is 153 Å². The predicted molar refractivity (Wildman–Crippen MR) is 105 cm³/mol. The molecule has 0 saturated heterocycles. The number of hydrogen-bond donors (Lipinski definition) is 1. The molecule has 0 aliphatic heterocycles. The Kier molecular flexibility index (Phi) is 4.58. The molecule has 1 heterocycles. The highest BCUT2D eigenvalue weighted by Crippen LogP contribution is 2.30. The second-order valence-electron chi connectivity index (χ2n) is 6.93. The van der Waals surface area contributed by atoms with E-state index in [1.807, 2.05) is 42.5 Å². The molecule has 3 aromatic rings. The fourth-order valence-corrected chi connectivity index (χ4v) is 3.75. The van der Waals surface area contributed by atoms with Crippen molar-refractivity contribution in [1.29, 1.82) is 0 Å². The third-order valence-corrected chi connectivity index (χ3v) is 5.39.